The third-order valence-electron chi connectivity index (χ3n) is 18.2. The summed E-state index contributed by atoms with van der Waals surface area (Å²) in [6, 6.07) is -7.14. The largest absolute Gasteiger partial charge is 0.394 e. The van der Waals surface area contributed by atoms with Crippen molar-refractivity contribution >= 4 is 23.6 Å². The van der Waals surface area contributed by atoms with E-state index in [9.17, 15) is 121 Å². The van der Waals surface area contributed by atoms with Gasteiger partial charge < -0.3 is 194 Å². The van der Waals surface area contributed by atoms with Crippen LogP contribution in [0.3, 0.4) is 0 Å². The Labute approximate surface area is 562 Å². The monoisotopic (exact) mass is 1450 g/mol. The fourth-order valence-electron chi connectivity index (χ4n) is 12.8. The Hall–Kier alpha value is -3.52. The zero-order valence-electron chi connectivity index (χ0n) is 54.0. The van der Waals surface area contributed by atoms with Crippen LogP contribution in [0.15, 0.2) is 0 Å². The van der Waals surface area contributed by atoms with Crippen molar-refractivity contribution in [2.45, 2.75) is 287 Å². The van der Waals surface area contributed by atoms with Crippen molar-refractivity contribution in [3.8, 4) is 0 Å². The minimum atomic E-state index is -2.24. The van der Waals surface area contributed by atoms with Crippen LogP contribution in [0.2, 0.25) is 0 Å². The second-order valence-corrected chi connectivity index (χ2v) is 25.3. The molecular weight excluding hydrogens is 1350 g/mol. The number of hydrogen-bond donors (Lipinski definition) is 24. The summed E-state index contributed by atoms with van der Waals surface area (Å²) in [5.74, 6) is -3.43. The molecule has 0 spiro atoms. The van der Waals surface area contributed by atoms with Crippen LogP contribution in [0.25, 0.3) is 0 Å². The molecule has 8 aliphatic heterocycles. The normalized spacial score (nSPS) is 49.1. The molecule has 8 rings (SSSR count). The summed E-state index contributed by atoms with van der Waals surface area (Å²) in [5, 5.41) is 231. The lowest BCUT2D eigenvalue weighted by Crippen LogP contribution is -2.71. The van der Waals surface area contributed by atoms with Crippen LogP contribution in [0.4, 0.5) is 0 Å². The number of nitrogens with one attached hydrogen (secondary N) is 4. The first-order valence-electron chi connectivity index (χ1n) is 31.8. The molecule has 0 radical (unpaired) electrons. The van der Waals surface area contributed by atoms with Gasteiger partial charge in [0, 0.05) is 27.7 Å². The van der Waals surface area contributed by atoms with Gasteiger partial charge in [0.05, 0.1) is 51.8 Å². The summed E-state index contributed by atoms with van der Waals surface area (Å²) >= 11 is 0. The molecule has 0 aliphatic carbocycles. The van der Waals surface area contributed by atoms with E-state index < -0.39 is 309 Å². The van der Waals surface area contributed by atoms with Crippen molar-refractivity contribution in [3.05, 3.63) is 0 Å². The van der Waals surface area contributed by atoms with Gasteiger partial charge in [0.25, 0.3) is 0 Å². The summed E-state index contributed by atoms with van der Waals surface area (Å²) < 4.78 is 90.0. The number of carbonyl (C=O) groups is 4. The van der Waals surface area contributed by atoms with Crippen LogP contribution in [-0.4, -0.2) is 411 Å². The first-order chi connectivity index (χ1) is 46.7. The molecule has 0 unspecified atom stereocenters. The fourth-order valence-corrected chi connectivity index (χ4v) is 12.8. The molecule has 24 N–H and O–H groups in total. The van der Waals surface area contributed by atoms with Crippen LogP contribution in [0, 0.1) is 0 Å². The van der Waals surface area contributed by atoms with E-state index in [-0.39, 0.29) is 0 Å². The third kappa shape index (κ3) is 18.1. The number of ether oxygens (including phenoxy) is 15. The molecule has 572 valence electrons. The highest BCUT2D eigenvalue weighted by atomic mass is 16.8. The Morgan fingerprint density at radius 2 is 0.596 bits per heavy atom. The zero-order chi connectivity index (χ0) is 73.1. The second kappa shape index (κ2) is 35.0. The maximum absolute atomic E-state index is 13.0. The molecule has 8 fully saturated rings. The quantitative estimate of drug-likeness (QED) is 0.0427. The van der Waals surface area contributed by atoms with Gasteiger partial charge in [0.1, 0.15) is 183 Å². The third-order valence-corrected chi connectivity index (χ3v) is 18.2. The molecule has 0 bridgehead atoms. The summed E-state index contributed by atoms with van der Waals surface area (Å²) in [5.41, 5.74) is 0. The molecule has 8 saturated heterocycles. The highest BCUT2D eigenvalue weighted by molar-refractivity contribution is 5.74. The van der Waals surface area contributed by atoms with Crippen molar-refractivity contribution in [1.29, 1.82) is 0 Å². The summed E-state index contributed by atoms with van der Waals surface area (Å²) in [6.45, 7) is 0.296. The minimum absolute atomic E-state index is 0.815. The van der Waals surface area contributed by atoms with Crippen molar-refractivity contribution < 1.29 is 192 Å². The van der Waals surface area contributed by atoms with Gasteiger partial charge in [-0.3, -0.25) is 19.2 Å². The smallest absolute Gasteiger partial charge is 0.217 e. The molecule has 43 heteroatoms. The first-order valence-corrected chi connectivity index (χ1v) is 31.8. The molecule has 4 amide bonds. The lowest BCUT2D eigenvalue weighted by Gasteiger charge is -2.51. The number of aliphatic hydroxyl groups is 20. The van der Waals surface area contributed by atoms with Crippen LogP contribution in [-0.2, 0) is 90.2 Å². The second-order valence-electron chi connectivity index (χ2n) is 25.3. The summed E-state index contributed by atoms with van der Waals surface area (Å²) in [6.07, 6.45) is -70.1. The van der Waals surface area contributed by atoms with Crippen LogP contribution in [0.5, 0.6) is 0 Å². The van der Waals surface area contributed by atoms with Crippen LogP contribution < -0.4 is 21.3 Å². The maximum Gasteiger partial charge on any atom is 0.217 e. The molecule has 0 aromatic heterocycles. The predicted molar refractivity (Wildman–Crippen MR) is 308 cm³/mol. The highest BCUT2D eigenvalue weighted by Gasteiger charge is 2.60. The van der Waals surface area contributed by atoms with Gasteiger partial charge in [-0.25, -0.2) is 0 Å². The molecule has 40 atom stereocenters. The average molecular weight is 1450 g/mol. The molecule has 99 heavy (non-hydrogen) atoms. The van der Waals surface area contributed by atoms with Crippen LogP contribution in [0.1, 0.15) is 41.5 Å². The molecule has 0 aromatic rings. The van der Waals surface area contributed by atoms with Crippen LogP contribution >= 0.6 is 0 Å². The Bertz CT molecular complexity index is 2600. The molecular formula is C56H94N4O39. The van der Waals surface area contributed by atoms with Gasteiger partial charge in [-0.2, -0.15) is 0 Å². The lowest BCUT2D eigenvalue weighted by atomic mass is 9.94. The van der Waals surface area contributed by atoms with Gasteiger partial charge in [-0.15, -0.1) is 0 Å². The number of hydrogen-bond acceptors (Lipinski definition) is 39. The van der Waals surface area contributed by atoms with Gasteiger partial charge in [-0.1, -0.05) is 0 Å². The maximum atomic E-state index is 13.0. The van der Waals surface area contributed by atoms with E-state index in [1.165, 1.54) is 13.8 Å². The molecule has 43 nitrogen and oxygen atoms in total. The van der Waals surface area contributed by atoms with E-state index in [0.29, 0.717) is 0 Å². The first kappa shape index (κ1) is 81.2. The molecule has 0 saturated carbocycles. The van der Waals surface area contributed by atoms with Crippen molar-refractivity contribution in [2.75, 3.05) is 39.6 Å². The summed E-state index contributed by atoms with van der Waals surface area (Å²) in [7, 11) is 0. The minimum Gasteiger partial charge on any atom is -0.394 e. The van der Waals surface area contributed by atoms with Crippen molar-refractivity contribution in [3.63, 3.8) is 0 Å². The van der Waals surface area contributed by atoms with Gasteiger partial charge in [0.2, 0.25) is 23.6 Å². The van der Waals surface area contributed by atoms with Gasteiger partial charge in [0.15, 0.2) is 50.3 Å². The number of carbonyl (C=O) groups excluding carboxylic acids is 4. The van der Waals surface area contributed by atoms with E-state index in [2.05, 4.69) is 21.3 Å². The fraction of sp³-hybridized carbons (Fsp3) is 0.929. The van der Waals surface area contributed by atoms with E-state index >= 15 is 0 Å². The SMILES string of the molecule is CC(=O)N[C@@H]1[C@@H](O[C@@H]2O[C@H](CO)[C@H](O)[C@H](O[C@H]3O[C@H](CO)[C@H](O)[C@H](O)[C@H]3NC(C)=O)[C@H]2O[C@@H]2O[C@@H](C)[C@@H](O)[C@@H](O)[C@@H]2O)[C@@H](O)[C@@H](CO[C@@H]2O[C@H](CO)[C@@H](O[C@@H]3O[C@H](CO)[C@H](O)[C@H](O[C@H]4O[C@H](CO)[C@H](O)[C@H](O)[C@H]4NC(C)=O)[C@H]3O[C@@H]3O[C@@H](C)[C@@H](O)[C@@H](O)[C@@H]3O)[C@H](O)[C@H]2NC(C)=O)O[C@@H]1O. The molecule has 0 aromatic carbocycles. The zero-order valence-corrected chi connectivity index (χ0v) is 54.0. The lowest BCUT2D eigenvalue weighted by molar-refractivity contribution is -0.400. The topological polar surface area (TPSA) is 659 Å². The Morgan fingerprint density at radius 1 is 0.283 bits per heavy atom. The Balaban J connectivity index is 1.09. The van der Waals surface area contributed by atoms with Gasteiger partial charge >= 0.3 is 0 Å². The molecule has 8 aliphatic rings. The Morgan fingerprint density at radius 3 is 0.980 bits per heavy atom. The predicted octanol–water partition coefficient (Wildman–Crippen LogP) is -15.8. The van der Waals surface area contributed by atoms with Crippen molar-refractivity contribution in [2.24, 2.45) is 0 Å². The number of rotatable bonds is 24. The van der Waals surface area contributed by atoms with Gasteiger partial charge in [-0.05, 0) is 13.8 Å². The van der Waals surface area contributed by atoms with Crippen molar-refractivity contribution in [1.82, 2.24) is 21.3 Å². The van der Waals surface area contributed by atoms with E-state index in [1.807, 2.05) is 0 Å². The Kier molecular flexibility index (Phi) is 28.7. The molecule has 8 heterocycles. The van der Waals surface area contributed by atoms with E-state index in [4.69, 9.17) is 71.1 Å². The highest BCUT2D eigenvalue weighted by Crippen LogP contribution is 2.40. The summed E-state index contributed by atoms with van der Waals surface area (Å²) in [4.78, 5) is 50.8. The average Bonchev–Trinajstić information content (AvgIpc) is 0.766. The number of aliphatic hydroxyl groups excluding tert-OH is 20. The van der Waals surface area contributed by atoms with E-state index in [1.54, 1.807) is 0 Å². The standard InChI is InChI=1S/C56H94N4O39/c1-13-29(70)39(80)41(82)53(86-13)98-47-45(96-51-25(57-15(3)66)36(77)31(72)19(7-61)89-51)33(74)21(9-63)91-55(47)94-43-23(11-65)93-50(27(38(43)79)59-17(5)68)85-12-24-35(76)44(28(49(84)88-24)60-18(6)69)95-56-48(99-54-42(83)40(81)30(71)14(2)87-54)46(34(75)22(10-64)92-56)97-52-26(58-16(4)67)37(78)32(73)20(8-62)90-52/h13-14,19-56,61-65,70-84H,7-12H2,1-6H3,(H,57,66)(H,58,67)(H,59,68)(H,60,69)/t13-,14-,19+,20+,21+,22+,23+,24+,25+,26+,27+,28+,29+,30+,31-,32-,33-,34-,35-,36+,37+,38+,39+,40+,41-,42-,43+,44+,45-,46-,47+,48+,49-,50+,51+,52+,53-,54-,55-,56-/m0/s1. The van der Waals surface area contributed by atoms with E-state index in [0.717, 1.165) is 27.7 Å². The number of amides is 4.